The second-order valence-electron chi connectivity index (χ2n) is 9.95. The molecule has 0 atom stereocenters. The summed E-state index contributed by atoms with van der Waals surface area (Å²) in [5.41, 5.74) is 7.70. The second-order valence-corrected chi connectivity index (χ2v) is 9.95. The minimum Gasteiger partial charge on any atom is -0.369 e. The lowest BCUT2D eigenvalue weighted by Crippen LogP contribution is -2.52. The van der Waals surface area contributed by atoms with E-state index in [0.29, 0.717) is 0 Å². The molecule has 0 bridgehead atoms. The summed E-state index contributed by atoms with van der Waals surface area (Å²) in [7, 11) is 0. The summed E-state index contributed by atoms with van der Waals surface area (Å²) in [4.78, 5) is 21.5. The van der Waals surface area contributed by atoms with Gasteiger partial charge in [0, 0.05) is 62.3 Å². The number of aromatic nitrogens is 2. The van der Waals surface area contributed by atoms with E-state index in [9.17, 15) is 4.79 Å². The number of carbonyl (C=O) groups excluding carboxylic acids is 1. The molecule has 0 unspecified atom stereocenters. The molecule has 0 N–H and O–H groups in total. The van der Waals surface area contributed by atoms with Crippen molar-refractivity contribution in [2.45, 2.75) is 38.6 Å². The van der Waals surface area contributed by atoms with Gasteiger partial charge in [0.2, 0.25) is 0 Å². The topological polar surface area (TPSA) is 40.9 Å². The monoisotopic (exact) mass is 464 g/mol. The molecule has 4 aromatic rings. The van der Waals surface area contributed by atoms with Gasteiger partial charge in [0.1, 0.15) is 5.65 Å². The van der Waals surface area contributed by atoms with Crippen LogP contribution < -0.4 is 4.90 Å². The van der Waals surface area contributed by atoms with Crippen LogP contribution in [0.1, 0.15) is 47.7 Å². The molecule has 2 fully saturated rings. The Balaban J connectivity index is 1.17. The standard InChI is InChI=1S/C30H32N4O/c1-22(35)24-7-9-25(10-8-24)29-14-11-26(30-31-15-16-34(29)30)21-23-5-12-28(13-6-23)33-19-17-32(18-20-33)27-3-2-4-27/h5-16,27H,2-4,17-21H2,1H3. The zero-order valence-corrected chi connectivity index (χ0v) is 20.4. The maximum atomic E-state index is 11.6. The average Bonchev–Trinajstić information content (AvgIpc) is 3.35. The van der Waals surface area contributed by atoms with Gasteiger partial charge in [0.25, 0.3) is 0 Å². The lowest BCUT2D eigenvalue weighted by atomic mass is 9.91. The van der Waals surface area contributed by atoms with Gasteiger partial charge in [-0.25, -0.2) is 4.98 Å². The molecular weight excluding hydrogens is 432 g/mol. The third kappa shape index (κ3) is 4.37. The van der Waals surface area contributed by atoms with Crippen molar-refractivity contribution in [1.29, 1.82) is 0 Å². The van der Waals surface area contributed by atoms with E-state index in [4.69, 9.17) is 0 Å². The summed E-state index contributed by atoms with van der Waals surface area (Å²) in [5.74, 6) is 0.0848. The number of rotatable bonds is 6. The highest BCUT2D eigenvalue weighted by atomic mass is 16.1. The number of imidazole rings is 1. The lowest BCUT2D eigenvalue weighted by molar-refractivity contribution is 0.101. The fourth-order valence-corrected chi connectivity index (χ4v) is 5.46. The van der Waals surface area contributed by atoms with Crippen LogP contribution in [0, 0.1) is 0 Å². The van der Waals surface area contributed by atoms with Gasteiger partial charge >= 0.3 is 0 Å². The summed E-state index contributed by atoms with van der Waals surface area (Å²) in [6, 6.07) is 22.1. The van der Waals surface area contributed by atoms with Gasteiger partial charge in [-0.2, -0.15) is 0 Å². The van der Waals surface area contributed by atoms with Gasteiger partial charge in [0.15, 0.2) is 5.78 Å². The van der Waals surface area contributed by atoms with E-state index in [1.807, 2.05) is 36.7 Å². The number of anilines is 1. The first kappa shape index (κ1) is 22.1. The van der Waals surface area contributed by atoms with E-state index in [-0.39, 0.29) is 5.78 Å². The van der Waals surface area contributed by atoms with Gasteiger partial charge in [-0.1, -0.05) is 48.9 Å². The van der Waals surface area contributed by atoms with Crippen LogP contribution in [0.5, 0.6) is 0 Å². The molecule has 35 heavy (non-hydrogen) atoms. The van der Waals surface area contributed by atoms with E-state index in [0.717, 1.165) is 48.0 Å². The number of Topliss-reactive ketones (excluding diaryl/α,β-unsaturated/α-hetero) is 1. The Labute approximate surface area is 207 Å². The number of nitrogens with zero attached hydrogens (tertiary/aromatic N) is 4. The van der Waals surface area contributed by atoms with Gasteiger partial charge in [-0.15, -0.1) is 0 Å². The van der Waals surface area contributed by atoms with Crippen LogP contribution >= 0.6 is 0 Å². The minimum absolute atomic E-state index is 0.0848. The Morgan fingerprint density at radius 3 is 2.31 bits per heavy atom. The molecule has 2 aromatic heterocycles. The van der Waals surface area contributed by atoms with Gasteiger partial charge in [-0.3, -0.25) is 14.1 Å². The maximum Gasteiger partial charge on any atom is 0.159 e. The Kier molecular flexibility index (Phi) is 5.86. The number of carbonyl (C=O) groups is 1. The fourth-order valence-electron chi connectivity index (χ4n) is 5.46. The quantitative estimate of drug-likeness (QED) is 0.355. The van der Waals surface area contributed by atoms with Crippen molar-refractivity contribution in [2.75, 3.05) is 31.1 Å². The van der Waals surface area contributed by atoms with Crippen LogP contribution in [0.3, 0.4) is 0 Å². The molecule has 178 valence electrons. The maximum absolute atomic E-state index is 11.6. The van der Waals surface area contributed by atoms with Crippen LogP contribution in [0.2, 0.25) is 0 Å². The van der Waals surface area contributed by atoms with Crippen molar-refractivity contribution in [2.24, 2.45) is 0 Å². The van der Waals surface area contributed by atoms with Crippen molar-refractivity contribution < 1.29 is 4.79 Å². The van der Waals surface area contributed by atoms with Crippen molar-refractivity contribution in [3.63, 3.8) is 0 Å². The van der Waals surface area contributed by atoms with Crippen molar-refractivity contribution in [1.82, 2.24) is 14.3 Å². The third-order valence-electron chi connectivity index (χ3n) is 7.82. The molecule has 3 heterocycles. The zero-order chi connectivity index (χ0) is 23.8. The molecule has 1 saturated carbocycles. The van der Waals surface area contributed by atoms with Crippen LogP contribution in [-0.4, -0.2) is 52.3 Å². The highest BCUT2D eigenvalue weighted by molar-refractivity contribution is 5.94. The number of hydrogen-bond donors (Lipinski definition) is 0. The SMILES string of the molecule is CC(=O)c1ccc(-c2ccc(Cc3ccc(N4CCN(C5CCC5)CC4)cc3)c3nccn23)cc1. The summed E-state index contributed by atoms with van der Waals surface area (Å²) in [6.07, 6.45) is 8.92. The van der Waals surface area contributed by atoms with Crippen LogP contribution in [0.4, 0.5) is 5.69 Å². The number of ketones is 1. The van der Waals surface area contributed by atoms with Gasteiger partial charge in [-0.05, 0) is 54.7 Å². The Morgan fingerprint density at radius 2 is 1.66 bits per heavy atom. The van der Waals surface area contributed by atoms with E-state index >= 15 is 0 Å². The summed E-state index contributed by atoms with van der Waals surface area (Å²) in [5, 5.41) is 0. The van der Waals surface area contributed by atoms with Crippen LogP contribution in [0.25, 0.3) is 16.9 Å². The summed E-state index contributed by atoms with van der Waals surface area (Å²) >= 11 is 0. The zero-order valence-electron chi connectivity index (χ0n) is 20.4. The number of benzene rings is 2. The van der Waals surface area contributed by atoms with E-state index in [1.165, 1.54) is 49.2 Å². The molecular formula is C30H32N4O. The van der Waals surface area contributed by atoms with Gasteiger partial charge < -0.3 is 4.90 Å². The molecule has 1 aliphatic heterocycles. The Bertz CT molecular complexity index is 1330. The molecule has 0 spiro atoms. The molecule has 1 saturated heterocycles. The molecule has 5 heteroatoms. The molecule has 1 aliphatic carbocycles. The summed E-state index contributed by atoms with van der Waals surface area (Å²) in [6.45, 7) is 6.22. The predicted octanol–water partition coefficient (Wildman–Crippen LogP) is 5.47. The second kappa shape index (κ2) is 9.31. The van der Waals surface area contributed by atoms with Crippen LogP contribution in [0.15, 0.2) is 73.1 Å². The number of piperazine rings is 1. The predicted molar refractivity (Wildman–Crippen MR) is 141 cm³/mol. The minimum atomic E-state index is 0.0848. The normalized spacial score (nSPS) is 17.0. The Morgan fingerprint density at radius 1 is 0.914 bits per heavy atom. The van der Waals surface area contributed by atoms with E-state index < -0.39 is 0 Å². The number of fused-ring (bicyclic) bond motifs is 1. The number of hydrogen-bond acceptors (Lipinski definition) is 4. The average molecular weight is 465 g/mol. The number of pyridine rings is 1. The first-order valence-electron chi connectivity index (χ1n) is 12.8. The van der Waals surface area contributed by atoms with Crippen molar-refractivity contribution in [3.8, 4) is 11.3 Å². The molecule has 0 radical (unpaired) electrons. The molecule has 2 aromatic carbocycles. The molecule has 5 nitrogen and oxygen atoms in total. The van der Waals surface area contributed by atoms with Crippen molar-refractivity contribution in [3.05, 3.63) is 89.7 Å². The van der Waals surface area contributed by atoms with E-state index in [2.05, 4.69) is 55.6 Å². The first-order chi connectivity index (χ1) is 17.2. The van der Waals surface area contributed by atoms with Crippen LogP contribution in [-0.2, 0) is 6.42 Å². The van der Waals surface area contributed by atoms with Gasteiger partial charge in [0.05, 0.1) is 5.69 Å². The summed E-state index contributed by atoms with van der Waals surface area (Å²) < 4.78 is 2.15. The highest BCUT2D eigenvalue weighted by Crippen LogP contribution is 2.28. The van der Waals surface area contributed by atoms with Crippen molar-refractivity contribution >= 4 is 17.1 Å². The molecule has 2 aliphatic rings. The highest BCUT2D eigenvalue weighted by Gasteiger charge is 2.27. The fraction of sp³-hybridized carbons (Fsp3) is 0.333. The Hall–Kier alpha value is -3.44. The third-order valence-corrected chi connectivity index (χ3v) is 7.82. The molecule has 0 amide bonds. The van der Waals surface area contributed by atoms with E-state index in [1.54, 1.807) is 6.92 Å². The lowest BCUT2D eigenvalue weighted by Gasteiger charge is -2.43. The largest absolute Gasteiger partial charge is 0.369 e. The smallest absolute Gasteiger partial charge is 0.159 e. The molecule has 6 rings (SSSR count). The first-order valence-corrected chi connectivity index (χ1v) is 12.8.